The van der Waals surface area contributed by atoms with E-state index in [0.29, 0.717) is 24.6 Å². The Bertz CT molecular complexity index is 691. The fourth-order valence-electron chi connectivity index (χ4n) is 2.56. The summed E-state index contributed by atoms with van der Waals surface area (Å²) >= 11 is 1.58. The van der Waals surface area contributed by atoms with E-state index in [1.807, 2.05) is 67.3 Å². The van der Waals surface area contributed by atoms with Gasteiger partial charge in [-0.15, -0.1) is 11.8 Å². The molecule has 0 N–H and O–H groups in total. The van der Waals surface area contributed by atoms with Gasteiger partial charge in [0.1, 0.15) is 0 Å². The van der Waals surface area contributed by atoms with E-state index in [9.17, 15) is 4.79 Å². The highest BCUT2D eigenvalue weighted by molar-refractivity contribution is 8.00. The summed E-state index contributed by atoms with van der Waals surface area (Å²) in [5.41, 5.74) is 1.02. The second kappa shape index (κ2) is 9.37. The largest absolute Gasteiger partial charge is 0.493 e. The predicted octanol–water partition coefficient (Wildman–Crippen LogP) is 4.23. The number of hydrogen-bond donors (Lipinski definition) is 0. The molecular weight excluding hydrogens is 334 g/mol. The summed E-state index contributed by atoms with van der Waals surface area (Å²) < 4.78 is 10.6. The van der Waals surface area contributed by atoms with Crippen LogP contribution in [0.2, 0.25) is 0 Å². The molecule has 5 heteroatoms. The number of amides is 1. The monoisotopic (exact) mass is 359 g/mol. The number of carbonyl (C=O) groups is 1. The van der Waals surface area contributed by atoms with Gasteiger partial charge in [0.15, 0.2) is 11.5 Å². The molecule has 25 heavy (non-hydrogen) atoms. The van der Waals surface area contributed by atoms with Crippen LogP contribution >= 0.6 is 11.8 Å². The van der Waals surface area contributed by atoms with Crippen molar-refractivity contribution in [2.24, 2.45) is 0 Å². The van der Waals surface area contributed by atoms with Gasteiger partial charge in [0, 0.05) is 18.0 Å². The van der Waals surface area contributed by atoms with Crippen molar-refractivity contribution in [1.82, 2.24) is 4.90 Å². The molecule has 0 bridgehead atoms. The van der Waals surface area contributed by atoms with Crippen molar-refractivity contribution in [1.29, 1.82) is 0 Å². The molecule has 2 aromatic rings. The van der Waals surface area contributed by atoms with E-state index in [1.165, 1.54) is 0 Å². The Labute approximate surface area is 154 Å². The average molecular weight is 359 g/mol. The molecule has 1 unspecified atom stereocenters. The highest BCUT2D eigenvalue weighted by Crippen LogP contribution is 2.29. The maximum absolute atomic E-state index is 12.8. The molecule has 0 aliphatic rings. The van der Waals surface area contributed by atoms with E-state index in [4.69, 9.17) is 9.47 Å². The van der Waals surface area contributed by atoms with E-state index in [2.05, 4.69) is 0 Å². The molecule has 0 saturated heterocycles. The zero-order chi connectivity index (χ0) is 18.2. The van der Waals surface area contributed by atoms with Gasteiger partial charge in [-0.05, 0) is 43.7 Å². The molecule has 134 valence electrons. The van der Waals surface area contributed by atoms with E-state index in [-0.39, 0.29) is 11.2 Å². The third-order valence-corrected chi connectivity index (χ3v) is 5.02. The molecule has 4 nitrogen and oxygen atoms in total. The molecule has 0 fully saturated rings. The first-order valence-electron chi connectivity index (χ1n) is 8.30. The molecule has 0 heterocycles. The van der Waals surface area contributed by atoms with Crippen LogP contribution in [0.3, 0.4) is 0 Å². The second-order valence-electron chi connectivity index (χ2n) is 5.61. The minimum Gasteiger partial charge on any atom is -0.493 e. The van der Waals surface area contributed by atoms with Gasteiger partial charge in [-0.1, -0.05) is 24.3 Å². The maximum atomic E-state index is 12.8. The molecule has 0 aliphatic carbocycles. The minimum atomic E-state index is -0.137. The summed E-state index contributed by atoms with van der Waals surface area (Å²) in [7, 11) is 3.23. The molecule has 2 rings (SSSR count). The Kier molecular flexibility index (Phi) is 7.19. The molecule has 1 amide bonds. The van der Waals surface area contributed by atoms with Crippen LogP contribution in [-0.4, -0.2) is 36.8 Å². The van der Waals surface area contributed by atoms with Crippen molar-refractivity contribution in [2.75, 3.05) is 20.8 Å². The van der Waals surface area contributed by atoms with Crippen LogP contribution in [0.5, 0.6) is 11.5 Å². The third kappa shape index (κ3) is 5.16. The summed E-state index contributed by atoms with van der Waals surface area (Å²) in [5, 5.41) is -0.137. The van der Waals surface area contributed by atoms with E-state index in [0.717, 1.165) is 10.5 Å². The molecule has 0 aliphatic heterocycles. The number of methoxy groups -OCH3 is 2. The van der Waals surface area contributed by atoms with Gasteiger partial charge >= 0.3 is 0 Å². The lowest BCUT2D eigenvalue weighted by atomic mass is 10.2. The number of hydrogen-bond acceptors (Lipinski definition) is 4. The number of rotatable bonds is 8. The van der Waals surface area contributed by atoms with Crippen molar-refractivity contribution in [3.05, 3.63) is 54.1 Å². The number of ether oxygens (including phenoxy) is 2. The van der Waals surface area contributed by atoms with Crippen LogP contribution in [0, 0.1) is 0 Å². The molecule has 0 spiro atoms. The van der Waals surface area contributed by atoms with Crippen molar-refractivity contribution in [3.8, 4) is 11.5 Å². The second-order valence-corrected chi connectivity index (χ2v) is 7.03. The Morgan fingerprint density at radius 2 is 1.76 bits per heavy atom. The normalized spacial score (nSPS) is 11.7. The first-order chi connectivity index (χ1) is 12.1. The fourth-order valence-corrected chi connectivity index (χ4v) is 3.53. The number of benzene rings is 2. The van der Waals surface area contributed by atoms with Gasteiger partial charge in [-0.25, -0.2) is 0 Å². The van der Waals surface area contributed by atoms with Gasteiger partial charge in [-0.3, -0.25) is 4.79 Å². The zero-order valence-electron chi connectivity index (χ0n) is 15.2. The lowest BCUT2D eigenvalue weighted by molar-refractivity contribution is -0.130. The summed E-state index contributed by atoms with van der Waals surface area (Å²) in [5.74, 6) is 1.50. The van der Waals surface area contributed by atoms with Gasteiger partial charge in [0.05, 0.1) is 19.5 Å². The first kappa shape index (κ1) is 19.2. The summed E-state index contributed by atoms with van der Waals surface area (Å²) in [6.45, 7) is 5.16. The Balaban J connectivity index is 2.07. The lowest BCUT2D eigenvalue weighted by Gasteiger charge is -2.24. The van der Waals surface area contributed by atoms with E-state index >= 15 is 0 Å². The summed E-state index contributed by atoms with van der Waals surface area (Å²) in [6, 6.07) is 15.8. The molecular formula is C20H25NO3S. The topological polar surface area (TPSA) is 38.8 Å². The standard InChI is InChI=1S/C20H25NO3S/c1-5-21(14-16-11-12-18(23-3)19(13-16)24-4)20(22)15(2)25-17-9-7-6-8-10-17/h6-13,15H,5,14H2,1-4H3. The zero-order valence-corrected chi connectivity index (χ0v) is 16.0. The van der Waals surface area contributed by atoms with Crippen LogP contribution in [0.15, 0.2) is 53.4 Å². The first-order valence-corrected chi connectivity index (χ1v) is 9.18. The Morgan fingerprint density at radius 3 is 2.36 bits per heavy atom. The highest BCUT2D eigenvalue weighted by Gasteiger charge is 2.21. The van der Waals surface area contributed by atoms with Crippen LogP contribution < -0.4 is 9.47 Å². The van der Waals surface area contributed by atoms with Crippen LogP contribution in [0.1, 0.15) is 19.4 Å². The number of thioether (sulfide) groups is 1. The summed E-state index contributed by atoms with van der Waals surface area (Å²) in [4.78, 5) is 15.8. The average Bonchev–Trinajstić information content (AvgIpc) is 2.66. The molecule has 0 radical (unpaired) electrons. The quantitative estimate of drug-likeness (QED) is 0.661. The van der Waals surface area contributed by atoms with Gasteiger partial charge in [0.25, 0.3) is 0 Å². The van der Waals surface area contributed by atoms with Crippen molar-refractivity contribution in [2.45, 2.75) is 30.5 Å². The number of carbonyl (C=O) groups excluding carboxylic acids is 1. The molecule has 2 aromatic carbocycles. The molecule has 1 atom stereocenters. The van der Waals surface area contributed by atoms with Crippen molar-refractivity contribution < 1.29 is 14.3 Å². The van der Waals surface area contributed by atoms with Gasteiger partial charge in [0.2, 0.25) is 5.91 Å². The van der Waals surface area contributed by atoms with Gasteiger partial charge in [-0.2, -0.15) is 0 Å². The third-order valence-electron chi connectivity index (χ3n) is 3.92. The SMILES string of the molecule is CCN(Cc1ccc(OC)c(OC)c1)C(=O)C(C)Sc1ccccc1. The summed E-state index contributed by atoms with van der Waals surface area (Å²) in [6.07, 6.45) is 0. The minimum absolute atomic E-state index is 0.131. The van der Waals surface area contributed by atoms with Crippen molar-refractivity contribution >= 4 is 17.7 Å². The van der Waals surface area contributed by atoms with Gasteiger partial charge < -0.3 is 14.4 Å². The smallest absolute Gasteiger partial charge is 0.236 e. The predicted molar refractivity (Wildman–Crippen MR) is 102 cm³/mol. The lowest BCUT2D eigenvalue weighted by Crippen LogP contribution is -2.35. The number of nitrogens with zero attached hydrogens (tertiary/aromatic N) is 1. The fraction of sp³-hybridized carbons (Fsp3) is 0.350. The molecule has 0 aromatic heterocycles. The Morgan fingerprint density at radius 1 is 1.08 bits per heavy atom. The maximum Gasteiger partial charge on any atom is 0.236 e. The van der Waals surface area contributed by atoms with Crippen LogP contribution in [0.25, 0.3) is 0 Å². The van der Waals surface area contributed by atoms with Crippen molar-refractivity contribution in [3.63, 3.8) is 0 Å². The van der Waals surface area contributed by atoms with E-state index < -0.39 is 0 Å². The van der Waals surface area contributed by atoms with Crippen LogP contribution in [-0.2, 0) is 11.3 Å². The van der Waals surface area contributed by atoms with E-state index in [1.54, 1.807) is 26.0 Å². The highest BCUT2D eigenvalue weighted by atomic mass is 32.2. The van der Waals surface area contributed by atoms with Crippen LogP contribution in [0.4, 0.5) is 0 Å². The molecule has 0 saturated carbocycles. The Hall–Kier alpha value is -2.14.